The van der Waals surface area contributed by atoms with Crippen LogP contribution in [0, 0.1) is 16.0 Å². The van der Waals surface area contributed by atoms with Crippen LogP contribution in [0.3, 0.4) is 0 Å². The normalized spacial score (nSPS) is 25.4. The molecule has 2 heterocycles. The van der Waals surface area contributed by atoms with Crippen LogP contribution in [0.5, 0.6) is 0 Å². The minimum absolute atomic E-state index is 0.0947. The third kappa shape index (κ3) is 2.10. The number of benzene rings is 1. The molecule has 24 heavy (non-hydrogen) atoms. The first-order valence-electron chi connectivity index (χ1n) is 7.99. The number of nitro benzene ring substituents is 1. The molecule has 0 bridgehead atoms. The zero-order valence-electron chi connectivity index (χ0n) is 13.3. The first kappa shape index (κ1) is 15.1. The van der Waals surface area contributed by atoms with Gasteiger partial charge >= 0.3 is 0 Å². The molecule has 1 aromatic heterocycles. The monoisotopic (exact) mass is 330 g/mol. The SMILES string of the molecule is COCc1nnc([C@]23CC[C@H]2CCN3c2ccc([N+](=O)[O-])cc2)o1. The molecule has 2 atom stereocenters. The third-order valence-corrected chi connectivity index (χ3v) is 5.21. The second-order valence-electron chi connectivity index (χ2n) is 6.31. The van der Waals surface area contributed by atoms with E-state index in [1.165, 1.54) is 0 Å². The number of aromatic nitrogens is 2. The van der Waals surface area contributed by atoms with Crippen molar-refractivity contribution in [2.75, 3.05) is 18.6 Å². The summed E-state index contributed by atoms with van der Waals surface area (Å²) in [6.45, 7) is 1.18. The van der Waals surface area contributed by atoms with Gasteiger partial charge in [0.1, 0.15) is 12.1 Å². The average molecular weight is 330 g/mol. The van der Waals surface area contributed by atoms with Gasteiger partial charge in [-0.1, -0.05) is 0 Å². The Morgan fingerprint density at radius 2 is 2.17 bits per heavy atom. The van der Waals surface area contributed by atoms with Crippen molar-refractivity contribution in [2.45, 2.75) is 31.4 Å². The highest BCUT2D eigenvalue weighted by molar-refractivity contribution is 5.55. The second kappa shape index (κ2) is 5.55. The van der Waals surface area contributed by atoms with Crippen molar-refractivity contribution in [3.63, 3.8) is 0 Å². The molecule has 0 amide bonds. The Balaban J connectivity index is 1.68. The van der Waals surface area contributed by atoms with Crippen LogP contribution in [0.4, 0.5) is 11.4 Å². The van der Waals surface area contributed by atoms with E-state index in [9.17, 15) is 10.1 Å². The van der Waals surface area contributed by atoms with E-state index in [2.05, 4.69) is 15.1 Å². The average Bonchev–Trinajstić information content (AvgIpc) is 3.11. The van der Waals surface area contributed by atoms with Gasteiger partial charge < -0.3 is 14.1 Å². The van der Waals surface area contributed by atoms with E-state index in [-0.39, 0.29) is 16.1 Å². The fourth-order valence-electron chi connectivity index (χ4n) is 3.97. The second-order valence-corrected chi connectivity index (χ2v) is 6.31. The van der Waals surface area contributed by atoms with Gasteiger partial charge in [0.15, 0.2) is 0 Å². The van der Waals surface area contributed by atoms with E-state index < -0.39 is 0 Å². The third-order valence-electron chi connectivity index (χ3n) is 5.21. The summed E-state index contributed by atoms with van der Waals surface area (Å²) in [4.78, 5) is 12.7. The number of fused-ring (bicyclic) bond motifs is 1. The van der Waals surface area contributed by atoms with Crippen molar-refractivity contribution in [2.24, 2.45) is 5.92 Å². The predicted octanol–water partition coefficient (Wildman–Crippen LogP) is 2.64. The van der Waals surface area contributed by atoms with Crippen molar-refractivity contribution in [3.05, 3.63) is 46.2 Å². The Hall–Kier alpha value is -2.48. The summed E-state index contributed by atoms with van der Waals surface area (Å²) in [5.41, 5.74) is 0.765. The van der Waals surface area contributed by atoms with Crippen LogP contribution in [-0.4, -0.2) is 28.8 Å². The maximum absolute atomic E-state index is 10.9. The smallest absolute Gasteiger partial charge is 0.269 e. The lowest BCUT2D eigenvalue weighted by Gasteiger charge is -2.48. The Kier molecular flexibility index (Phi) is 3.49. The molecule has 0 N–H and O–H groups in total. The molecule has 1 aliphatic heterocycles. The maximum Gasteiger partial charge on any atom is 0.269 e. The van der Waals surface area contributed by atoms with Crippen LogP contribution in [0.1, 0.15) is 31.0 Å². The number of nitrogens with zero attached hydrogens (tertiary/aromatic N) is 4. The van der Waals surface area contributed by atoms with Gasteiger partial charge in [0.25, 0.3) is 5.69 Å². The highest BCUT2D eigenvalue weighted by Crippen LogP contribution is 2.57. The van der Waals surface area contributed by atoms with E-state index in [0.717, 1.165) is 31.5 Å². The van der Waals surface area contributed by atoms with Crippen LogP contribution in [0.25, 0.3) is 0 Å². The molecular formula is C16H18N4O4. The minimum atomic E-state index is -0.384. The molecule has 8 nitrogen and oxygen atoms in total. The van der Waals surface area contributed by atoms with Gasteiger partial charge in [-0.05, 0) is 37.3 Å². The van der Waals surface area contributed by atoms with Crippen LogP contribution >= 0.6 is 0 Å². The zero-order valence-corrected chi connectivity index (χ0v) is 13.3. The number of methoxy groups -OCH3 is 1. The summed E-state index contributed by atoms with van der Waals surface area (Å²) in [5.74, 6) is 1.58. The molecule has 1 saturated heterocycles. The molecule has 1 aromatic carbocycles. The molecule has 1 aliphatic carbocycles. The Bertz CT molecular complexity index is 760. The van der Waals surface area contributed by atoms with Crippen LogP contribution in [0.2, 0.25) is 0 Å². The van der Waals surface area contributed by atoms with Crippen molar-refractivity contribution in [3.8, 4) is 0 Å². The Morgan fingerprint density at radius 3 is 2.79 bits per heavy atom. The molecule has 2 aliphatic rings. The first-order valence-corrected chi connectivity index (χ1v) is 7.99. The van der Waals surface area contributed by atoms with Crippen LogP contribution in [-0.2, 0) is 16.9 Å². The molecule has 2 fully saturated rings. The van der Waals surface area contributed by atoms with Gasteiger partial charge in [-0.3, -0.25) is 10.1 Å². The van der Waals surface area contributed by atoms with E-state index in [0.29, 0.717) is 24.3 Å². The standard InChI is InChI=1S/C16H18N4O4/c1-23-10-14-17-18-15(24-14)16-8-6-11(16)7-9-19(16)12-2-4-13(5-3-12)20(21)22/h2-5,11H,6-10H2,1H3/t11-,16-/m0/s1. The highest BCUT2D eigenvalue weighted by Gasteiger charge is 2.59. The lowest BCUT2D eigenvalue weighted by atomic mass is 9.67. The largest absolute Gasteiger partial charge is 0.420 e. The van der Waals surface area contributed by atoms with Gasteiger partial charge in [-0.25, -0.2) is 0 Å². The number of rotatable bonds is 5. The van der Waals surface area contributed by atoms with Crippen LogP contribution < -0.4 is 4.90 Å². The van der Waals surface area contributed by atoms with Crippen molar-refractivity contribution in [1.29, 1.82) is 0 Å². The fraction of sp³-hybridized carbons (Fsp3) is 0.500. The van der Waals surface area contributed by atoms with Gasteiger partial charge in [-0.15, -0.1) is 10.2 Å². The predicted molar refractivity (Wildman–Crippen MR) is 84.5 cm³/mol. The molecule has 0 spiro atoms. The van der Waals surface area contributed by atoms with E-state index in [1.807, 2.05) is 0 Å². The number of anilines is 1. The minimum Gasteiger partial charge on any atom is -0.420 e. The van der Waals surface area contributed by atoms with E-state index in [4.69, 9.17) is 9.15 Å². The van der Waals surface area contributed by atoms with Gasteiger partial charge in [0.2, 0.25) is 11.8 Å². The summed E-state index contributed by atoms with van der Waals surface area (Å²) < 4.78 is 10.9. The number of nitro groups is 1. The first-order chi connectivity index (χ1) is 11.6. The van der Waals surface area contributed by atoms with E-state index in [1.54, 1.807) is 31.4 Å². The molecule has 0 radical (unpaired) electrons. The van der Waals surface area contributed by atoms with Crippen molar-refractivity contribution < 1.29 is 14.1 Å². The number of hydrogen-bond acceptors (Lipinski definition) is 7. The summed E-state index contributed by atoms with van der Waals surface area (Å²) in [6.07, 6.45) is 3.13. The Morgan fingerprint density at radius 1 is 1.38 bits per heavy atom. The lowest BCUT2D eigenvalue weighted by molar-refractivity contribution is -0.384. The topological polar surface area (TPSA) is 94.5 Å². The van der Waals surface area contributed by atoms with Crippen molar-refractivity contribution in [1.82, 2.24) is 10.2 Å². The fourth-order valence-corrected chi connectivity index (χ4v) is 3.97. The summed E-state index contributed by atoms with van der Waals surface area (Å²) in [7, 11) is 1.59. The molecule has 8 heteroatoms. The zero-order chi connectivity index (χ0) is 16.7. The molecule has 1 saturated carbocycles. The maximum atomic E-state index is 10.9. The molecule has 2 aromatic rings. The summed E-state index contributed by atoms with van der Waals surface area (Å²) in [6, 6.07) is 6.68. The quantitative estimate of drug-likeness (QED) is 0.614. The number of ether oxygens (including phenoxy) is 1. The Labute approximate surface area is 138 Å². The number of hydrogen-bond donors (Lipinski definition) is 0. The summed E-state index contributed by atoms with van der Waals surface area (Å²) in [5, 5.41) is 19.2. The number of non-ortho nitro benzene ring substituents is 1. The van der Waals surface area contributed by atoms with Crippen molar-refractivity contribution >= 4 is 11.4 Å². The lowest BCUT2D eigenvalue weighted by Crippen LogP contribution is -2.52. The van der Waals surface area contributed by atoms with E-state index >= 15 is 0 Å². The molecule has 4 rings (SSSR count). The van der Waals surface area contributed by atoms with Gasteiger partial charge in [-0.2, -0.15) is 0 Å². The molecule has 0 unspecified atom stereocenters. The van der Waals surface area contributed by atoms with Crippen LogP contribution in [0.15, 0.2) is 28.7 Å². The van der Waals surface area contributed by atoms with Gasteiger partial charge in [0.05, 0.1) is 4.92 Å². The highest BCUT2D eigenvalue weighted by atomic mass is 16.6. The molecular weight excluding hydrogens is 312 g/mol. The molecule has 126 valence electrons. The van der Waals surface area contributed by atoms with Gasteiger partial charge in [0, 0.05) is 31.5 Å². The summed E-state index contributed by atoms with van der Waals surface area (Å²) >= 11 is 0.